The number of hydrogen-bond donors (Lipinski definition) is 2. The molecule has 2 aromatic carbocycles. The number of hydrogen-bond acceptors (Lipinski definition) is 3. The second kappa shape index (κ2) is 6.89. The lowest BCUT2D eigenvalue weighted by Gasteiger charge is -2.18. The second-order valence-electron chi connectivity index (χ2n) is 4.90. The van der Waals surface area contributed by atoms with E-state index in [1.807, 2.05) is 31.2 Å². The van der Waals surface area contributed by atoms with Crippen LogP contribution in [0.1, 0.15) is 22.7 Å². The van der Waals surface area contributed by atoms with Gasteiger partial charge in [-0.1, -0.05) is 29.8 Å². The van der Waals surface area contributed by atoms with Gasteiger partial charge >= 0.3 is 0 Å². The second-order valence-corrected chi connectivity index (χ2v) is 5.31. The molecule has 0 bridgehead atoms. The first-order chi connectivity index (χ1) is 10.0. The molecule has 1 unspecified atom stereocenters. The SMILES string of the molecule is COc1ccc(CC(NN)c2ccc(Cl)c(C)c2)cc1F. The van der Waals surface area contributed by atoms with Gasteiger partial charge in [0.1, 0.15) is 0 Å². The Kier molecular flexibility index (Phi) is 5.17. The number of hydrazine groups is 1. The fourth-order valence-electron chi connectivity index (χ4n) is 2.23. The summed E-state index contributed by atoms with van der Waals surface area (Å²) in [6.45, 7) is 1.94. The maximum atomic E-state index is 13.7. The number of nitrogens with two attached hydrogens (primary N) is 1. The molecule has 0 aliphatic heterocycles. The molecular weight excluding hydrogens is 291 g/mol. The Hall–Kier alpha value is -1.62. The summed E-state index contributed by atoms with van der Waals surface area (Å²) in [4.78, 5) is 0. The molecule has 0 aliphatic carbocycles. The average Bonchev–Trinajstić information content (AvgIpc) is 2.48. The zero-order valence-electron chi connectivity index (χ0n) is 12.0. The first-order valence-electron chi connectivity index (χ1n) is 6.59. The minimum atomic E-state index is -0.377. The quantitative estimate of drug-likeness (QED) is 0.656. The summed E-state index contributed by atoms with van der Waals surface area (Å²) in [5.74, 6) is 5.49. The summed E-state index contributed by atoms with van der Waals surface area (Å²) in [5, 5.41) is 0.713. The first kappa shape index (κ1) is 15.8. The molecule has 0 spiro atoms. The van der Waals surface area contributed by atoms with Gasteiger partial charge in [0.2, 0.25) is 0 Å². The summed E-state index contributed by atoms with van der Waals surface area (Å²) >= 11 is 6.03. The van der Waals surface area contributed by atoms with Crippen LogP contribution in [0.15, 0.2) is 36.4 Å². The molecule has 0 amide bonds. The van der Waals surface area contributed by atoms with E-state index in [1.54, 1.807) is 6.07 Å². The van der Waals surface area contributed by atoms with E-state index in [0.29, 0.717) is 11.4 Å². The average molecular weight is 309 g/mol. The predicted octanol–water partition coefficient (Wildman–Crippen LogP) is 3.54. The fraction of sp³-hybridized carbons (Fsp3) is 0.250. The third-order valence-corrected chi connectivity index (χ3v) is 3.87. The van der Waals surface area contributed by atoms with Gasteiger partial charge < -0.3 is 4.74 Å². The van der Waals surface area contributed by atoms with Crippen molar-refractivity contribution in [2.75, 3.05) is 7.11 Å². The van der Waals surface area contributed by atoms with Crippen LogP contribution in [0, 0.1) is 12.7 Å². The summed E-state index contributed by atoms with van der Waals surface area (Å²) in [5.41, 5.74) is 5.59. The number of nitrogens with one attached hydrogen (secondary N) is 1. The highest BCUT2D eigenvalue weighted by Gasteiger charge is 2.13. The maximum Gasteiger partial charge on any atom is 0.165 e. The van der Waals surface area contributed by atoms with Crippen LogP contribution in [-0.2, 0) is 6.42 Å². The van der Waals surface area contributed by atoms with Crippen molar-refractivity contribution in [2.24, 2.45) is 5.84 Å². The molecule has 0 radical (unpaired) electrons. The Morgan fingerprint density at radius 2 is 2.05 bits per heavy atom. The van der Waals surface area contributed by atoms with Crippen LogP contribution in [-0.4, -0.2) is 7.11 Å². The Balaban J connectivity index is 2.22. The van der Waals surface area contributed by atoms with Gasteiger partial charge in [0.15, 0.2) is 11.6 Å². The lowest BCUT2D eigenvalue weighted by atomic mass is 9.98. The molecule has 0 aromatic heterocycles. The van der Waals surface area contributed by atoms with Crippen LogP contribution < -0.4 is 16.0 Å². The van der Waals surface area contributed by atoms with Crippen molar-refractivity contribution in [3.05, 3.63) is 63.9 Å². The lowest BCUT2D eigenvalue weighted by molar-refractivity contribution is 0.386. The van der Waals surface area contributed by atoms with E-state index in [9.17, 15) is 4.39 Å². The zero-order valence-corrected chi connectivity index (χ0v) is 12.7. The van der Waals surface area contributed by atoms with E-state index in [-0.39, 0.29) is 17.6 Å². The van der Waals surface area contributed by atoms with Crippen molar-refractivity contribution in [3.63, 3.8) is 0 Å². The number of rotatable bonds is 5. The summed E-state index contributed by atoms with van der Waals surface area (Å²) in [7, 11) is 1.44. The van der Waals surface area contributed by atoms with Crippen molar-refractivity contribution >= 4 is 11.6 Å². The molecule has 1 atom stereocenters. The third kappa shape index (κ3) is 3.73. The van der Waals surface area contributed by atoms with Crippen molar-refractivity contribution in [3.8, 4) is 5.75 Å². The van der Waals surface area contributed by atoms with E-state index in [1.165, 1.54) is 13.2 Å². The van der Waals surface area contributed by atoms with E-state index in [0.717, 1.165) is 16.7 Å². The number of methoxy groups -OCH3 is 1. The third-order valence-electron chi connectivity index (χ3n) is 3.44. The maximum absolute atomic E-state index is 13.7. The van der Waals surface area contributed by atoms with E-state index < -0.39 is 0 Å². The number of ether oxygens (including phenoxy) is 1. The zero-order chi connectivity index (χ0) is 15.4. The van der Waals surface area contributed by atoms with E-state index in [2.05, 4.69) is 5.43 Å². The molecule has 112 valence electrons. The first-order valence-corrected chi connectivity index (χ1v) is 6.97. The van der Waals surface area contributed by atoms with Crippen LogP contribution in [0.4, 0.5) is 4.39 Å². The van der Waals surface area contributed by atoms with Gasteiger partial charge in [-0.15, -0.1) is 0 Å². The summed E-state index contributed by atoms with van der Waals surface area (Å²) in [6, 6.07) is 10.5. The van der Waals surface area contributed by atoms with Gasteiger partial charge in [-0.2, -0.15) is 0 Å². The van der Waals surface area contributed by atoms with Gasteiger partial charge in [-0.05, 0) is 48.2 Å². The molecule has 5 heteroatoms. The Morgan fingerprint density at radius 1 is 1.29 bits per heavy atom. The minimum Gasteiger partial charge on any atom is -0.494 e. The van der Waals surface area contributed by atoms with Gasteiger partial charge in [0, 0.05) is 11.1 Å². The Morgan fingerprint density at radius 3 is 2.62 bits per heavy atom. The van der Waals surface area contributed by atoms with Crippen LogP contribution in [0.3, 0.4) is 0 Å². The minimum absolute atomic E-state index is 0.117. The highest BCUT2D eigenvalue weighted by Crippen LogP contribution is 2.25. The summed E-state index contributed by atoms with van der Waals surface area (Å²) in [6.07, 6.45) is 0.568. The normalized spacial score (nSPS) is 12.2. The number of halogens is 2. The largest absolute Gasteiger partial charge is 0.494 e. The van der Waals surface area contributed by atoms with Crippen molar-refractivity contribution in [2.45, 2.75) is 19.4 Å². The van der Waals surface area contributed by atoms with Crippen molar-refractivity contribution in [1.82, 2.24) is 5.43 Å². The molecule has 2 rings (SSSR count). The fourth-order valence-corrected chi connectivity index (χ4v) is 2.35. The van der Waals surface area contributed by atoms with E-state index in [4.69, 9.17) is 22.2 Å². The topological polar surface area (TPSA) is 47.3 Å². The molecule has 0 fully saturated rings. The molecule has 3 nitrogen and oxygen atoms in total. The molecule has 0 aliphatic rings. The van der Waals surface area contributed by atoms with Crippen LogP contribution in [0.5, 0.6) is 5.75 Å². The van der Waals surface area contributed by atoms with Gasteiger partial charge in [-0.3, -0.25) is 11.3 Å². The molecule has 0 heterocycles. The Labute approximate surface area is 128 Å². The standard InChI is InChI=1S/C16H18ClFN2O/c1-10-7-12(4-5-13(10)17)15(20-19)9-11-3-6-16(21-2)14(18)8-11/h3-8,15,20H,9,19H2,1-2H3. The Bertz CT molecular complexity index is 634. The van der Waals surface area contributed by atoms with Crippen molar-refractivity contribution in [1.29, 1.82) is 0 Å². The van der Waals surface area contributed by atoms with Crippen LogP contribution >= 0.6 is 11.6 Å². The molecule has 3 N–H and O–H groups in total. The highest BCUT2D eigenvalue weighted by molar-refractivity contribution is 6.31. The number of benzene rings is 2. The highest BCUT2D eigenvalue weighted by atomic mass is 35.5. The molecule has 0 saturated heterocycles. The predicted molar refractivity (Wildman–Crippen MR) is 82.9 cm³/mol. The van der Waals surface area contributed by atoms with Crippen molar-refractivity contribution < 1.29 is 9.13 Å². The molecule has 0 saturated carbocycles. The summed E-state index contributed by atoms with van der Waals surface area (Å²) < 4.78 is 18.6. The van der Waals surface area contributed by atoms with Crippen LogP contribution in [0.2, 0.25) is 5.02 Å². The molecule has 2 aromatic rings. The van der Waals surface area contributed by atoms with Gasteiger partial charge in [-0.25, -0.2) is 4.39 Å². The van der Waals surface area contributed by atoms with Gasteiger partial charge in [0.25, 0.3) is 0 Å². The van der Waals surface area contributed by atoms with E-state index >= 15 is 0 Å². The smallest absolute Gasteiger partial charge is 0.165 e. The van der Waals surface area contributed by atoms with Gasteiger partial charge in [0.05, 0.1) is 7.11 Å². The lowest BCUT2D eigenvalue weighted by Crippen LogP contribution is -2.29. The molecule has 21 heavy (non-hydrogen) atoms. The number of aryl methyl sites for hydroxylation is 1. The molecular formula is C16H18ClFN2O. The monoisotopic (exact) mass is 308 g/mol. The van der Waals surface area contributed by atoms with Crippen LogP contribution in [0.25, 0.3) is 0 Å².